The second-order valence-corrected chi connectivity index (χ2v) is 2.53. The minimum atomic E-state index is -1.15. The van der Waals surface area contributed by atoms with Gasteiger partial charge < -0.3 is 15.2 Å². The number of hydrogen-bond donors (Lipinski definition) is 2. The molecule has 0 fully saturated rings. The molecule has 0 spiro atoms. The van der Waals surface area contributed by atoms with Gasteiger partial charge in [0.2, 0.25) is 5.91 Å². The Labute approximate surface area is 78.5 Å². The number of aliphatic carboxylic acids is 1. The molecule has 0 aliphatic heterocycles. The summed E-state index contributed by atoms with van der Waals surface area (Å²) in [6.07, 6.45) is 0.790. The molecule has 5 nitrogen and oxygen atoms in total. The van der Waals surface area contributed by atoms with E-state index < -0.39 is 24.8 Å². The zero-order chi connectivity index (χ0) is 11.0. The smallest absolute Gasteiger partial charge is 0.328 e. The molecular formula is C8H15NO4. The summed E-state index contributed by atoms with van der Waals surface area (Å²) in [5.74, 6) is -1.76. The lowest BCUT2D eigenvalue weighted by Gasteiger charge is -2.12. The lowest BCUT2D eigenvalue weighted by atomic mass is 10.3. The van der Waals surface area contributed by atoms with Crippen LogP contribution in [0, 0.1) is 0 Å². The van der Waals surface area contributed by atoms with Crippen LogP contribution in [0.4, 0.5) is 0 Å². The van der Waals surface area contributed by atoms with E-state index >= 15 is 0 Å². The van der Waals surface area contributed by atoms with E-state index in [1.54, 1.807) is 0 Å². The van der Waals surface area contributed by atoms with Crippen molar-refractivity contribution in [2.75, 3.05) is 13.2 Å². The van der Waals surface area contributed by atoms with E-state index in [9.17, 15) is 9.59 Å². The van der Waals surface area contributed by atoms with Crippen molar-refractivity contribution in [3.05, 3.63) is 0 Å². The van der Waals surface area contributed by atoms with Crippen molar-refractivity contribution in [1.29, 1.82) is 0 Å². The van der Waals surface area contributed by atoms with Crippen LogP contribution in [0.3, 0.4) is 0 Å². The van der Waals surface area contributed by atoms with E-state index in [1.165, 1.54) is 0 Å². The van der Waals surface area contributed by atoms with Gasteiger partial charge in [-0.3, -0.25) is 4.79 Å². The fourth-order valence-electron chi connectivity index (χ4n) is 0.715. The number of rotatable bonds is 6. The lowest BCUT2D eigenvalue weighted by Crippen LogP contribution is -2.43. The average Bonchev–Trinajstić information content (AvgIpc) is 2.16. The van der Waals surface area contributed by atoms with E-state index in [2.05, 4.69) is 5.32 Å². The first-order chi connectivity index (χ1) is 6.61. The van der Waals surface area contributed by atoms with Crippen LogP contribution in [0.1, 0.15) is 21.6 Å². The minimum absolute atomic E-state index is 0.0606. The zero-order valence-electron chi connectivity index (χ0n) is 8.58. The highest BCUT2D eigenvalue weighted by Crippen LogP contribution is 1.88. The summed E-state index contributed by atoms with van der Waals surface area (Å²) >= 11 is 0. The van der Waals surface area contributed by atoms with Crippen molar-refractivity contribution < 1.29 is 20.8 Å². The van der Waals surface area contributed by atoms with Crippen molar-refractivity contribution in [1.82, 2.24) is 5.32 Å². The van der Waals surface area contributed by atoms with E-state index in [1.807, 2.05) is 6.92 Å². The number of carbonyl (C=O) groups is 2. The molecule has 1 amide bonds. The fraction of sp³-hybridized carbons (Fsp3) is 0.750. The number of hydrogen-bond acceptors (Lipinski definition) is 3. The zero-order valence-corrected chi connectivity index (χ0v) is 7.58. The van der Waals surface area contributed by atoms with Crippen molar-refractivity contribution in [3.8, 4) is 0 Å². The Kier molecular flexibility index (Phi) is 4.93. The summed E-state index contributed by atoms with van der Waals surface area (Å²) in [5.41, 5.74) is 0. The Balaban J connectivity index is 3.90. The van der Waals surface area contributed by atoms with Gasteiger partial charge >= 0.3 is 5.97 Å². The largest absolute Gasteiger partial charge is 0.480 e. The van der Waals surface area contributed by atoms with Crippen LogP contribution in [0.15, 0.2) is 0 Å². The molecule has 0 aromatic carbocycles. The summed E-state index contributed by atoms with van der Waals surface area (Å²) in [6.45, 7) is 1.82. The minimum Gasteiger partial charge on any atom is -0.480 e. The van der Waals surface area contributed by atoms with Crippen LogP contribution in [0.5, 0.6) is 0 Å². The molecule has 0 aromatic heterocycles. The number of ether oxygens (including phenoxy) is 1. The van der Waals surface area contributed by atoms with Crippen LogP contribution in [-0.2, 0) is 14.3 Å². The average molecular weight is 190 g/mol. The van der Waals surface area contributed by atoms with E-state index in [-0.39, 0.29) is 6.61 Å². The van der Waals surface area contributed by atoms with Gasteiger partial charge in [0.25, 0.3) is 0 Å². The maximum Gasteiger partial charge on any atom is 0.328 e. The van der Waals surface area contributed by atoms with Gasteiger partial charge in [0.05, 0.1) is 6.61 Å². The standard InChI is InChI=1S/C8H15NO4/c1-3-4-13-5-7(8(11)12)9-6(2)10/h7H,3-5H2,1-2H3,(H,9,10)(H,11,12)/i2D. The first-order valence-electron chi connectivity index (χ1n) is 4.71. The highest BCUT2D eigenvalue weighted by Gasteiger charge is 2.17. The predicted octanol–water partition coefficient (Wildman–Crippen LogP) is 0.00230. The van der Waals surface area contributed by atoms with E-state index in [0.29, 0.717) is 6.61 Å². The molecule has 13 heavy (non-hydrogen) atoms. The highest BCUT2D eigenvalue weighted by molar-refractivity contribution is 5.82. The van der Waals surface area contributed by atoms with Crippen molar-refractivity contribution >= 4 is 11.9 Å². The molecule has 0 radical (unpaired) electrons. The Bertz CT molecular complexity index is 198. The van der Waals surface area contributed by atoms with Gasteiger partial charge in [0, 0.05) is 14.9 Å². The van der Waals surface area contributed by atoms with Gasteiger partial charge in [-0.05, 0) is 6.42 Å². The number of carbonyl (C=O) groups excluding carboxylic acids is 1. The van der Waals surface area contributed by atoms with Gasteiger partial charge in [0.1, 0.15) is 0 Å². The van der Waals surface area contributed by atoms with Gasteiger partial charge in [0.15, 0.2) is 6.04 Å². The van der Waals surface area contributed by atoms with Crippen molar-refractivity contribution in [2.45, 2.75) is 26.3 Å². The molecule has 0 saturated carbocycles. The molecule has 1 unspecified atom stereocenters. The first-order valence-corrected chi connectivity index (χ1v) is 4.01. The third-order valence-electron chi connectivity index (χ3n) is 1.27. The predicted molar refractivity (Wildman–Crippen MR) is 46.4 cm³/mol. The molecule has 0 aliphatic carbocycles. The van der Waals surface area contributed by atoms with Crippen LogP contribution in [0.2, 0.25) is 0 Å². The van der Waals surface area contributed by atoms with Gasteiger partial charge in [-0.1, -0.05) is 6.92 Å². The van der Waals surface area contributed by atoms with Crippen LogP contribution in [0.25, 0.3) is 0 Å². The summed E-state index contributed by atoms with van der Waals surface area (Å²) in [7, 11) is 0. The quantitative estimate of drug-likeness (QED) is 0.578. The molecule has 0 bridgehead atoms. The maximum absolute atomic E-state index is 10.7. The van der Waals surface area contributed by atoms with E-state index in [0.717, 1.165) is 6.42 Å². The Hall–Kier alpha value is -1.10. The summed E-state index contributed by atoms with van der Waals surface area (Å²) in [6, 6.07) is -1.06. The number of nitrogens with one attached hydrogen (secondary N) is 1. The number of carboxylic acid groups (broad SMARTS) is 1. The van der Waals surface area contributed by atoms with Gasteiger partial charge in [-0.2, -0.15) is 0 Å². The highest BCUT2D eigenvalue weighted by atomic mass is 16.5. The normalized spacial score (nSPS) is 13.2. The van der Waals surface area contributed by atoms with Crippen LogP contribution in [-0.4, -0.2) is 36.2 Å². The molecule has 5 heteroatoms. The van der Waals surface area contributed by atoms with Crippen LogP contribution < -0.4 is 5.32 Å². The van der Waals surface area contributed by atoms with Crippen molar-refractivity contribution in [2.24, 2.45) is 0 Å². The summed E-state index contributed by atoms with van der Waals surface area (Å²) in [4.78, 5) is 21.3. The lowest BCUT2D eigenvalue weighted by molar-refractivity contribution is -0.143. The summed E-state index contributed by atoms with van der Waals surface area (Å²) in [5, 5.41) is 10.8. The monoisotopic (exact) mass is 190 g/mol. The maximum atomic E-state index is 10.7. The second kappa shape index (κ2) is 6.42. The number of amides is 1. The third kappa shape index (κ3) is 6.10. The third-order valence-corrected chi connectivity index (χ3v) is 1.27. The Morgan fingerprint density at radius 2 is 2.38 bits per heavy atom. The molecular weight excluding hydrogens is 174 g/mol. The molecule has 0 rings (SSSR count). The SMILES string of the molecule is [2H]CC(=O)NC(COCCC)C(=O)O. The molecule has 1 atom stereocenters. The Morgan fingerprint density at radius 3 is 2.85 bits per heavy atom. The van der Waals surface area contributed by atoms with Gasteiger partial charge in [-0.15, -0.1) is 0 Å². The van der Waals surface area contributed by atoms with E-state index in [4.69, 9.17) is 11.2 Å². The Morgan fingerprint density at radius 1 is 1.69 bits per heavy atom. The molecule has 76 valence electrons. The topological polar surface area (TPSA) is 75.6 Å². The van der Waals surface area contributed by atoms with Gasteiger partial charge in [-0.25, -0.2) is 4.79 Å². The van der Waals surface area contributed by atoms with Crippen molar-refractivity contribution in [3.63, 3.8) is 0 Å². The molecule has 0 aromatic rings. The second-order valence-electron chi connectivity index (χ2n) is 2.53. The fourth-order valence-corrected chi connectivity index (χ4v) is 0.715. The first kappa shape index (κ1) is 9.98. The molecule has 0 aliphatic rings. The van der Waals surface area contributed by atoms with Crippen LogP contribution >= 0.6 is 0 Å². The molecule has 2 N–H and O–H groups in total. The number of carboxylic acids is 1. The molecule has 0 saturated heterocycles. The summed E-state index contributed by atoms with van der Waals surface area (Å²) < 4.78 is 11.7. The molecule has 0 heterocycles.